The van der Waals surface area contributed by atoms with Crippen LogP contribution in [0.5, 0.6) is 0 Å². The van der Waals surface area contributed by atoms with Crippen molar-refractivity contribution in [2.75, 3.05) is 13.1 Å². The zero-order chi connectivity index (χ0) is 14.3. The predicted molar refractivity (Wildman–Crippen MR) is 76.2 cm³/mol. The van der Waals surface area contributed by atoms with E-state index in [9.17, 15) is 18.0 Å². The Kier molecular flexibility index (Phi) is 8.68. The van der Waals surface area contributed by atoms with Gasteiger partial charge in [-0.3, -0.25) is 4.79 Å². The second kappa shape index (κ2) is 9.10. The van der Waals surface area contributed by atoms with Crippen LogP contribution in [0.25, 0.3) is 0 Å². The van der Waals surface area contributed by atoms with Gasteiger partial charge in [0.2, 0.25) is 0 Å². The molecule has 0 aliphatic carbocycles. The number of nitrogens with two attached hydrogens (primary N) is 1. The second-order valence-electron chi connectivity index (χ2n) is 3.82. The van der Waals surface area contributed by atoms with E-state index in [0.717, 1.165) is 12.8 Å². The summed E-state index contributed by atoms with van der Waals surface area (Å²) in [5.41, 5.74) is 1.35. The zero-order valence-electron chi connectivity index (χ0n) is 10.6. The van der Waals surface area contributed by atoms with Gasteiger partial charge in [0, 0.05) is 17.0 Å². The Labute approximate surface area is 125 Å². The molecule has 0 fully saturated rings. The van der Waals surface area contributed by atoms with Crippen molar-refractivity contribution in [3.8, 4) is 0 Å². The minimum Gasteiger partial charge on any atom is -0.352 e. The summed E-state index contributed by atoms with van der Waals surface area (Å²) in [6.45, 7) is 1.08. The van der Waals surface area contributed by atoms with Gasteiger partial charge >= 0.3 is 5.51 Å². The summed E-state index contributed by atoms with van der Waals surface area (Å²) in [6, 6.07) is 5.33. The van der Waals surface area contributed by atoms with Crippen LogP contribution >= 0.6 is 24.2 Å². The third-order valence-electron chi connectivity index (χ3n) is 2.27. The van der Waals surface area contributed by atoms with Crippen LogP contribution in [0, 0.1) is 0 Å². The van der Waals surface area contributed by atoms with Crippen molar-refractivity contribution in [3.05, 3.63) is 29.8 Å². The maximum absolute atomic E-state index is 12.1. The lowest BCUT2D eigenvalue weighted by Crippen LogP contribution is -2.24. The van der Waals surface area contributed by atoms with E-state index >= 15 is 0 Å². The molecule has 0 heterocycles. The van der Waals surface area contributed by atoms with E-state index in [1.165, 1.54) is 24.3 Å². The normalized spacial score (nSPS) is 10.8. The molecule has 0 atom stereocenters. The quantitative estimate of drug-likeness (QED) is 0.623. The summed E-state index contributed by atoms with van der Waals surface area (Å²) in [7, 11) is 0. The first-order chi connectivity index (χ1) is 8.92. The van der Waals surface area contributed by atoms with Crippen LogP contribution in [0.15, 0.2) is 29.2 Å². The number of nitrogens with one attached hydrogen (secondary N) is 1. The maximum Gasteiger partial charge on any atom is 0.446 e. The molecule has 3 nitrogen and oxygen atoms in total. The average Bonchev–Trinajstić information content (AvgIpc) is 2.33. The highest BCUT2D eigenvalue weighted by atomic mass is 35.5. The maximum atomic E-state index is 12.1. The van der Waals surface area contributed by atoms with Gasteiger partial charge in [-0.1, -0.05) is 0 Å². The largest absolute Gasteiger partial charge is 0.446 e. The summed E-state index contributed by atoms with van der Waals surface area (Å²) in [4.78, 5) is 11.7. The van der Waals surface area contributed by atoms with Gasteiger partial charge in [0.1, 0.15) is 0 Å². The van der Waals surface area contributed by atoms with Gasteiger partial charge in [0.05, 0.1) is 0 Å². The van der Waals surface area contributed by atoms with Crippen LogP contribution in [0.4, 0.5) is 13.2 Å². The highest BCUT2D eigenvalue weighted by molar-refractivity contribution is 8.00. The second-order valence-corrected chi connectivity index (χ2v) is 4.96. The van der Waals surface area contributed by atoms with Gasteiger partial charge < -0.3 is 11.1 Å². The zero-order valence-corrected chi connectivity index (χ0v) is 12.2. The standard InChI is InChI=1S/C12H15F3N2OS.ClH/c13-12(14,15)19-10-5-3-9(4-6-10)11(18)17-8-2-1-7-16;/h3-6H,1-2,7-8,16H2,(H,17,18);1H. The van der Waals surface area contributed by atoms with E-state index in [4.69, 9.17) is 5.73 Å². The van der Waals surface area contributed by atoms with Crippen molar-refractivity contribution in [1.29, 1.82) is 0 Å². The number of hydrogen-bond acceptors (Lipinski definition) is 3. The van der Waals surface area contributed by atoms with Gasteiger partial charge in [-0.25, -0.2) is 0 Å². The number of benzene rings is 1. The Bertz CT molecular complexity index is 412. The fourth-order valence-corrected chi connectivity index (χ4v) is 1.92. The predicted octanol–water partition coefficient (Wildman–Crippen LogP) is 3.19. The van der Waals surface area contributed by atoms with Crippen molar-refractivity contribution in [2.24, 2.45) is 5.73 Å². The number of thioether (sulfide) groups is 1. The van der Waals surface area contributed by atoms with E-state index in [1.807, 2.05) is 0 Å². The van der Waals surface area contributed by atoms with E-state index in [-0.39, 0.29) is 35.0 Å². The fourth-order valence-electron chi connectivity index (χ4n) is 1.38. The van der Waals surface area contributed by atoms with Crippen molar-refractivity contribution in [2.45, 2.75) is 23.2 Å². The fraction of sp³-hybridized carbons (Fsp3) is 0.417. The van der Waals surface area contributed by atoms with Crippen LogP contribution < -0.4 is 11.1 Å². The van der Waals surface area contributed by atoms with Crippen LogP contribution in [-0.4, -0.2) is 24.5 Å². The lowest BCUT2D eigenvalue weighted by atomic mass is 10.2. The molecule has 1 aromatic rings. The molecule has 1 rings (SSSR count). The Hall–Kier alpha value is -0.920. The summed E-state index contributed by atoms with van der Waals surface area (Å²) in [5.74, 6) is -0.291. The average molecular weight is 329 g/mol. The first-order valence-electron chi connectivity index (χ1n) is 5.76. The van der Waals surface area contributed by atoms with Crippen molar-refractivity contribution in [1.82, 2.24) is 5.32 Å². The molecule has 0 saturated heterocycles. The van der Waals surface area contributed by atoms with Gasteiger partial charge in [-0.05, 0) is 55.4 Å². The third-order valence-corrected chi connectivity index (χ3v) is 3.01. The van der Waals surface area contributed by atoms with E-state index in [2.05, 4.69) is 5.32 Å². The Balaban J connectivity index is 0.00000361. The highest BCUT2D eigenvalue weighted by Gasteiger charge is 2.29. The molecular formula is C12H16ClF3N2OS. The van der Waals surface area contributed by atoms with Gasteiger partial charge in [-0.2, -0.15) is 13.2 Å². The number of rotatable bonds is 6. The monoisotopic (exact) mass is 328 g/mol. The highest BCUT2D eigenvalue weighted by Crippen LogP contribution is 2.36. The molecule has 0 unspecified atom stereocenters. The molecule has 0 aliphatic heterocycles. The Morgan fingerprint density at radius 2 is 1.80 bits per heavy atom. The lowest BCUT2D eigenvalue weighted by Gasteiger charge is -2.07. The molecule has 3 N–H and O–H groups in total. The Morgan fingerprint density at radius 3 is 2.30 bits per heavy atom. The number of amides is 1. The van der Waals surface area contributed by atoms with E-state index in [1.54, 1.807) is 0 Å². The molecule has 0 spiro atoms. The van der Waals surface area contributed by atoms with Crippen LogP contribution in [0.3, 0.4) is 0 Å². The Morgan fingerprint density at radius 1 is 1.20 bits per heavy atom. The summed E-state index contributed by atoms with van der Waals surface area (Å²) in [6.07, 6.45) is 1.60. The summed E-state index contributed by atoms with van der Waals surface area (Å²) in [5, 5.41) is 2.68. The van der Waals surface area contributed by atoms with Crippen LogP contribution in [-0.2, 0) is 0 Å². The summed E-state index contributed by atoms with van der Waals surface area (Å²) >= 11 is -0.200. The molecule has 1 aromatic carbocycles. The number of carbonyl (C=O) groups is 1. The van der Waals surface area contributed by atoms with Crippen molar-refractivity contribution in [3.63, 3.8) is 0 Å². The summed E-state index contributed by atoms with van der Waals surface area (Å²) < 4.78 is 36.3. The van der Waals surface area contributed by atoms with Crippen LogP contribution in [0.2, 0.25) is 0 Å². The SMILES string of the molecule is Cl.NCCCCNC(=O)c1ccc(SC(F)(F)F)cc1. The molecule has 0 bridgehead atoms. The first kappa shape index (κ1) is 19.1. The number of unbranched alkanes of at least 4 members (excludes halogenated alkanes) is 1. The molecule has 20 heavy (non-hydrogen) atoms. The molecular weight excluding hydrogens is 313 g/mol. The number of halogens is 4. The smallest absolute Gasteiger partial charge is 0.352 e. The molecule has 0 aliphatic rings. The minimum absolute atomic E-state index is 0. The van der Waals surface area contributed by atoms with Crippen molar-refractivity contribution < 1.29 is 18.0 Å². The number of hydrogen-bond donors (Lipinski definition) is 2. The minimum atomic E-state index is -4.31. The van der Waals surface area contributed by atoms with Gasteiger partial charge in [-0.15, -0.1) is 12.4 Å². The van der Waals surface area contributed by atoms with Gasteiger partial charge in [0.25, 0.3) is 5.91 Å². The molecule has 8 heteroatoms. The number of alkyl halides is 3. The van der Waals surface area contributed by atoms with Crippen molar-refractivity contribution >= 4 is 30.1 Å². The topological polar surface area (TPSA) is 55.1 Å². The molecule has 1 amide bonds. The molecule has 0 saturated carbocycles. The molecule has 114 valence electrons. The number of carbonyl (C=O) groups excluding carboxylic acids is 1. The first-order valence-corrected chi connectivity index (χ1v) is 6.58. The van der Waals surface area contributed by atoms with Gasteiger partial charge in [0.15, 0.2) is 0 Å². The molecule has 0 radical (unpaired) electrons. The third kappa shape index (κ3) is 7.62. The van der Waals surface area contributed by atoms with E-state index in [0.29, 0.717) is 18.7 Å². The van der Waals surface area contributed by atoms with E-state index < -0.39 is 5.51 Å². The van der Waals surface area contributed by atoms with Crippen LogP contribution in [0.1, 0.15) is 23.2 Å². The molecule has 0 aromatic heterocycles. The lowest BCUT2D eigenvalue weighted by molar-refractivity contribution is -0.0328.